The van der Waals surface area contributed by atoms with Crippen LogP contribution in [0.4, 0.5) is 0 Å². The van der Waals surface area contributed by atoms with Crippen molar-refractivity contribution < 1.29 is 9.53 Å². The van der Waals surface area contributed by atoms with Gasteiger partial charge in [-0.15, -0.1) is 11.3 Å². The minimum atomic E-state index is -0.726. The summed E-state index contributed by atoms with van der Waals surface area (Å²) in [4.78, 5) is 16.8. The lowest BCUT2D eigenvalue weighted by atomic mass is 9.85. The van der Waals surface area contributed by atoms with Crippen LogP contribution in [0.2, 0.25) is 0 Å². The molecule has 0 atom stereocenters. The molecule has 1 aliphatic heterocycles. The quantitative estimate of drug-likeness (QED) is 0.930. The highest BCUT2D eigenvalue weighted by atomic mass is 32.1. The molecule has 0 aliphatic carbocycles. The number of carbonyl (C=O) groups is 1. The van der Waals surface area contributed by atoms with Crippen LogP contribution >= 0.6 is 11.3 Å². The van der Waals surface area contributed by atoms with E-state index in [1.165, 1.54) is 0 Å². The normalized spacial score (nSPS) is 18.6. The van der Waals surface area contributed by atoms with Gasteiger partial charge in [0.1, 0.15) is 5.01 Å². The van der Waals surface area contributed by atoms with E-state index in [0.717, 1.165) is 15.2 Å². The molecule has 2 heterocycles. The highest BCUT2D eigenvalue weighted by Crippen LogP contribution is 2.25. The standard InChI is InChI=1S/C14H16N2O2S/c15-14(5-7-18-8-6-14)12(17)9-13-16-10-3-1-2-4-11(10)19-13/h1-4H,5-9,15H2. The van der Waals surface area contributed by atoms with Crippen molar-refractivity contribution in [1.29, 1.82) is 0 Å². The molecule has 1 saturated heterocycles. The van der Waals surface area contributed by atoms with Crippen LogP contribution in [0.5, 0.6) is 0 Å². The van der Waals surface area contributed by atoms with Crippen LogP contribution in [0.15, 0.2) is 24.3 Å². The molecule has 0 bridgehead atoms. The predicted octanol–water partition coefficient (Wildman–Crippen LogP) is 1.92. The first-order valence-corrected chi connectivity index (χ1v) is 7.23. The Hall–Kier alpha value is -1.30. The van der Waals surface area contributed by atoms with Crippen molar-refractivity contribution in [2.75, 3.05) is 13.2 Å². The number of carbonyl (C=O) groups excluding carboxylic acids is 1. The zero-order valence-electron chi connectivity index (χ0n) is 10.6. The molecule has 2 aromatic rings. The van der Waals surface area contributed by atoms with Crippen LogP contribution in [-0.2, 0) is 16.0 Å². The molecule has 4 nitrogen and oxygen atoms in total. The zero-order valence-corrected chi connectivity index (χ0v) is 11.4. The van der Waals surface area contributed by atoms with E-state index >= 15 is 0 Å². The maximum absolute atomic E-state index is 12.4. The fraction of sp³-hybridized carbons (Fsp3) is 0.429. The van der Waals surface area contributed by atoms with Gasteiger partial charge in [-0.1, -0.05) is 12.1 Å². The number of para-hydroxylation sites is 1. The first kappa shape index (κ1) is 12.7. The lowest BCUT2D eigenvalue weighted by molar-refractivity contribution is -0.126. The average Bonchev–Trinajstić information content (AvgIpc) is 2.81. The summed E-state index contributed by atoms with van der Waals surface area (Å²) in [5, 5.41) is 0.850. The zero-order chi connectivity index (χ0) is 13.3. The maximum atomic E-state index is 12.4. The summed E-state index contributed by atoms with van der Waals surface area (Å²) in [6.45, 7) is 1.14. The number of aromatic nitrogens is 1. The summed E-state index contributed by atoms with van der Waals surface area (Å²) in [7, 11) is 0. The van der Waals surface area contributed by atoms with Crippen LogP contribution in [0.3, 0.4) is 0 Å². The van der Waals surface area contributed by atoms with Gasteiger partial charge in [0.25, 0.3) is 0 Å². The first-order valence-electron chi connectivity index (χ1n) is 6.42. The SMILES string of the molecule is NC1(C(=O)Cc2nc3ccccc3s2)CCOCC1. The molecule has 0 amide bonds. The number of benzene rings is 1. The molecule has 0 unspecified atom stereocenters. The maximum Gasteiger partial charge on any atom is 0.159 e. The number of ether oxygens (including phenoxy) is 1. The molecule has 1 fully saturated rings. The predicted molar refractivity (Wildman–Crippen MR) is 75.3 cm³/mol. The van der Waals surface area contributed by atoms with Gasteiger partial charge in [0.2, 0.25) is 0 Å². The summed E-state index contributed by atoms with van der Waals surface area (Å²) in [6.07, 6.45) is 1.54. The molecule has 0 spiro atoms. The molecule has 0 radical (unpaired) electrons. The number of rotatable bonds is 3. The van der Waals surface area contributed by atoms with Gasteiger partial charge in [0, 0.05) is 13.2 Å². The van der Waals surface area contributed by atoms with Gasteiger partial charge < -0.3 is 10.5 Å². The number of Topliss-reactive ketones (excluding diaryl/α,β-unsaturated/α-hetero) is 1. The molecule has 1 aromatic heterocycles. The molecule has 19 heavy (non-hydrogen) atoms. The highest BCUT2D eigenvalue weighted by Gasteiger charge is 2.35. The van der Waals surface area contributed by atoms with E-state index < -0.39 is 5.54 Å². The average molecular weight is 276 g/mol. The van der Waals surface area contributed by atoms with Gasteiger partial charge in [-0.25, -0.2) is 4.98 Å². The van der Waals surface area contributed by atoms with Crippen molar-refractivity contribution in [3.05, 3.63) is 29.3 Å². The number of fused-ring (bicyclic) bond motifs is 1. The van der Waals surface area contributed by atoms with E-state index in [1.807, 2.05) is 24.3 Å². The van der Waals surface area contributed by atoms with Crippen molar-refractivity contribution in [3.8, 4) is 0 Å². The first-order chi connectivity index (χ1) is 9.17. The number of nitrogens with two attached hydrogens (primary N) is 1. The van der Waals surface area contributed by atoms with Crippen LogP contribution < -0.4 is 5.73 Å². The third-order valence-corrected chi connectivity index (χ3v) is 4.63. The Labute approximate surface area is 115 Å². The molecule has 0 saturated carbocycles. The molecule has 1 aromatic carbocycles. The van der Waals surface area contributed by atoms with Crippen molar-refractivity contribution >= 4 is 27.3 Å². The molecule has 5 heteroatoms. The largest absolute Gasteiger partial charge is 0.381 e. The summed E-state index contributed by atoms with van der Waals surface area (Å²) < 4.78 is 6.38. The summed E-state index contributed by atoms with van der Waals surface area (Å²) >= 11 is 1.57. The topological polar surface area (TPSA) is 65.2 Å². The molecular formula is C14H16N2O2S. The van der Waals surface area contributed by atoms with Crippen LogP contribution in [0.25, 0.3) is 10.2 Å². The molecule has 1 aliphatic rings. The minimum absolute atomic E-state index is 0.0786. The highest BCUT2D eigenvalue weighted by molar-refractivity contribution is 7.18. The van der Waals surface area contributed by atoms with Gasteiger partial charge in [0.05, 0.1) is 22.2 Å². The monoisotopic (exact) mass is 276 g/mol. The van der Waals surface area contributed by atoms with Crippen LogP contribution in [0, 0.1) is 0 Å². The van der Waals surface area contributed by atoms with Gasteiger partial charge in [-0.05, 0) is 25.0 Å². The van der Waals surface area contributed by atoms with E-state index in [2.05, 4.69) is 4.98 Å². The lowest BCUT2D eigenvalue weighted by Gasteiger charge is -2.31. The number of hydrogen-bond acceptors (Lipinski definition) is 5. The Bertz CT molecular complexity index is 569. The molecule has 3 rings (SSSR count). The lowest BCUT2D eigenvalue weighted by Crippen LogP contribution is -2.52. The van der Waals surface area contributed by atoms with Crippen LogP contribution in [0.1, 0.15) is 17.8 Å². The van der Waals surface area contributed by atoms with E-state index in [-0.39, 0.29) is 5.78 Å². The smallest absolute Gasteiger partial charge is 0.159 e. The Balaban J connectivity index is 1.78. The third-order valence-electron chi connectivity index (χ3n) is 3.59. The van der Waals surface area contributed by atoms with Gasteiger partial charge in [-0.2, -0.15) is 0 Å². The Kier molecular flexibility index (Phi) is 3.35. The molecular weight excluding hydrogens is 260 g/mol. The fourth-order valence-electron chi connectivity index (χ4n) is 2.32. The third kappa shape index (κ3) is 2.54. The Morgan fingerprint density at radius 2 is 2.11 bits per heavy atom. The van der Waals surface area contributed by atoms with E-state index in [1.54, 1.807) is 11.3 Å². The Morgan fingerprint density at radius 1 is 1.37 bits per heavy atom. The van der Waals surface area contributed by atoms with Crippen molar-refractivity contribution in [2.45, 2.75) is 24.8 Å². The van der Waals surface area contributed by atoms with E-state index in [0.29, 0.717) is 32.5 Å². The number of ketones is 1. The van der Waals surface area contributed by atoms with Crippen molar-refractivity contribution in [1.82, 2.24) is 4.98 Å². The minimum Gasteiger partial charge on any atom is -0.381 e. The number of nitrogens with zero attached hydrogens (tertiary/aromatic N) is 1. The number of hydrogen-bond donors (Lipinski definition) is 1. The van der Waals surface area contributed by atoms with Gasteiger partial charge >= 0.3 is 0 Å². The van der Waals surface area contributed by atoms with Crippen molar-refractivity contribution in [3.63, 3.8) is 0 Å². The number of thiazole rings is 1. The van der Waals surface area contributed by atoms with Crippen LogP contribution in [-0.4, -0.2) is 29.5 Å². The second-order valence-corrected chi connectivity index (χ2v) is 6.06. The summed E-state index contributed by atoms with van der Waals surface area (Å²) in [5.41, 5.74) is 6.42. The van der Waals surface area contributed by atoms with E-state index in [9.17, 15) is 4.79 Å². The molecule has 2 N–H and O–H groups in total. The Morgan fingerprint density at radius 3 is 2.84 bits per heavy atom. The molecule has 100 valence electrons. The second-order valence-electron chi connectivity index (χ2n) is 4.94. The summed E-state index contributed by atoms with van der Waals surface area (Å²) in [5.74, 6) is 0.0786. The second kappa shape index (κ2) is 5.00. The fourth-order valence-corrected chi connectivity index (χ4v) is 3.29. The summed E-state index contributed by atoms with van der Waals surface area (Å²) in [6, 6.07) is 7.92. The van der Waals surface area contributed by atoms with Gasteiger partial charge in [0.15, 0.2) is 5.78 Å². The van der Waals surface area contributed by atoms with Crippen molar-refractivity contribution in [2.24, 2.45) is 5.73 Å². The van der Waals surface area contributed by atoms with Gasteiger partial charge in [-0.3, -0.25) is 4.79 Å². The van der Waals surface area contributed by atoms with E-state index in [4.69, 9.17) is 10.5 Å².